The summed E-state index contributed by atoms with van der Waals surface area (Å²) in [5.41, 5.74) is 4.31. The van der Waals surface area contributed by atoms with Crippen LogP contribution in [0.3, 0.4) is 0 Å². The molecule has 0 aliphatic rings. The average Bonchev–Trinajstić information content (AvgIpc) is 3.09. The minimum absolute atomic E-state index is 0.207. The highest BCUT2D eigenvalue weighted by Crippen LogP contribution is 2.20. The number of benzene rings is 3. The molecule has 0 spiro atoms. The van der Waals surface area contributed by atoms with E-state index >= 15 is 0 Å². The monoisotopic (exact) mass is 328 g/mol. The molecule has 3 aromatic carbocycles. The molecule has 124 valence electrons. The SMILES string of the molecule is c1ccc(C[C@@H](NCc2nc3ccccc3o2)c2ccccc2)cc1. The Kier molecular flexibility index (Phi) is 4.57. The van der Waals surface area contributed by atoms with Crippen LogP contribution in [-0.2, 0) is 13.0 Å². The molecule has 1 atom stereocenters. The van der Waals surface area contributed by atoms with Gasteiger partial charge < -0.3 is 9.73 Å². The molecule has 25 heavy (non-hydrogen) atoms. The summed E-state index contributed by atoms with van der Waals surface area (Å²) in [6.45, 7) is 0.598. The molecule has 1 heterocycles. The highest BCUT2D eigenvalue weighted by Gasteiger charge is 2.13. The topological polar surface area (TPSA) is 38.1 Å². The highest BCUT2D eigenvalue weighted by atomic mass is 16.3. The van der Waals surface area contributed by atoms with Crippen molar-refractivity contribution in [1.82, 2.24) is 10.3 Å². The summed E-state index contributed by atoms with van der Waals surface area (Å²) in [4.78, 5) is 4.56. The van der Waals surface area contributed by atoms with Crippen LogP contribution in [0.25, 0.3) is 11.1 Å². The van der Waals surface area contributed by atoms with Gasteiger partial charge in [0, 0.05) is 6.04 Å². The molecule has 0 unspecified atom stereocenters. The van der Waals surface area contributed by atoms with Crippen LogP contribution < -0.4 is 5.32 Å². The van der Waals surface area contributed by atoms with Gasteiger partial charge in [0.2, 0.25) is 5.89 Å². The number of para-hydroxylation sites is 2. The molecule has 1 aromatic heterocycles. The maximum Gasteiger partial charge on any atom is 0.209 e. The van der Waals surface area contributed by atoms with Gasteiger partial charge in [0.15, 0.2) is 5.58 Å². The van der Waals surface area contributed by atoms with Crippen molar-refractivity contribution in [2.45, 2.75) is 19.0 Å². The number of hydrogen-bond donors (Lipinski definition) is 1. The Hall–Kier alpha value is -2.91. The fraction of sp³-hybridized carbons (Fsp3) is 0.136. The zero-order chi connectivity index (χ0) is 16.9. The molecule has 4 rings (SSSR count). The predicted molar refractivity (Wildman–Crippen MR) is 100 cm³/mol. The summed E-state index contributed by atoms with van der Waals surface area (Å²) >= 11 is 0. The van der Waals surface area contributed by atoms with Gasteiger partial charge in [-0.2, -0.15) is 0 Å². The number of oxazole rings is 1. The second-order valence-corrected chi connectivity index (χ2v) is 6.11. The molecule has 0 amide bonds. The number of fused-ring (bicyclic) bond motifs is 1. The third-order valence-corrected chi connectivity index (χ3v) is 4.32. The lowest BCUT2D eigenvalue weighted by Gasteiger charge is -2.18. The van der Waals surface area contributed by atoms with E-state index in [1.54, 1.807) is 0 Å². The van der Waals surface area contributed by atoms with E-state index in [4.69, 9.17) is 4.42 Å². The lowest BCUT2D eigenvalue weighted by atomic mass is 9.99. The second kappa shape index (κ2) is 7.32. The summed E-state index contributed by atoms with van der Waals surface area (Å²) < 4.78 is 5.83. The standard InChI is InChI=1S/C22H20N2O/c1-3-9-17(10-4-1)15-20(18-11-5-2-6-12-18)23-16-22-24-19-13-7-8-14-21(19)25-22/h1-14,20,23H,15-16H2/t20-/m1/s1. The molecule has 0 radical (unpaired) electrons. The van der Waals surface area contributed by atoms with E-state index in [9.17, 15) is 0 Å². The van der Waals surface area contributed by atoms with Crippen molar-refractivity contribution < 1.29 is 4.42 Å². The first-order chi connectivity index (χ1) is 12.4. The van der Waals surface area contributed by atoms with Crippen molar-refractivity contribution in [2.75, 3.05) is 0 Å². The van der Waals surface area contributed by atoms with Crippen molar-refractivity contribution in [3.8, 4) is 0 Å². The number of aromatic nitrogens is 1. The first-order valence-electron chi connectivity index (χ1n) is 8.55. The zero-order valence-electron chi connectivity index (χ0n) is 13.9. The largest absolute Gasteiger partial charge is 0.439 e. The van der Waals surface area contributed by atoms with Crippen molar-refractivity contribution in [2.24, 2.45) is 0 Å². The Labute approximate surface area is 147 Å². The number of nitrogens with zero attached hydrogens (tertiary/aromatic N) is 1. The molecule has 0 saturated carbocycles. The summed E-state index contributed by atoms with van der Waals surface area (Å²) in [5, 5.41) is 3.61. The molecular weight excluding hydrogens is 308 g/mol. The fourth-order valence-electron chi connectivity index (χ4n) is 3.05. The minimum Gasteiger partial charge on any atom is -0.439 e. The van der Waals surface area contributed by atoms with Gasteiger partial charge in [-0.15, -0.1) is 0 Å². The first kappa shape index (κ1) is 15.6. The van der Waals surface area contributed by atoms with Crippen LogP contribution in [0.5, 0.6) is 0 Å². The summed E-state index contributed by atoms with van der Waals surface area (Å²) in [7, 11) is 0. The zero-order valence-corrected chi connectivity index (χ0v) is 13.9. The van der Waals surface area contributed by atoms with E-state index < -0.39 is 0 Å². The van der Waals surface area contributed by atoms with E-state index in [0.29, 0.717) is 6.54 Å². The molecule has 1 N–H and O–H groups in total. The molecule has 0 saturated heterocycles. The van der Waals surface area contributed by atoms with Gasteiger partial charge in [-0.1, -0.05) is 72.8 Å². The summed E-state index contributed by atoms with van der Waals surface area (Å²) in [6.07, 6.45) is 0.922. The van der Waals surface area contributed by atoms with Gasteiger partial charge in [0.05, 0.1) is 6.54 Å². The molecule has 3 nitrogen and oxygen atoms in total. The maximum atomic E-state index is 5.83. The maximum absolute atomic E-state index is 5.83. The van der Waals surface area contributed by atoms with Gasteiger partial charge in [0.1, 0.15) is 5.52 Å². The van der Waals surface area contributed by atoms with E-state index in [-0.39, 0.29) is 6.04 Å². The van der Waals surface area contributed by atoms with Crippen LogP contribution >= 0.6 is 0 Å². The van der Waals surface area contributed by atoms with Crippen molar-refractivity contribution in [1.29, 1.82) is 0 Å². The van der Waals surface area contributed by atoms with Gasteiger partial charge in [0.25, 0.3) is 0 Å². The molecule has 4 aromatic rings. The number of nitrogens with one attached hydrogen (secondary N) is 1. The van der Waals surface area contributed by atoms with Crippen LogP contribution in [0.2, 0.25) is 0 Å². The molecule has 0 aliphatic carbocycles. The van der Waals surface area contributed by atoms with Crippen LogP contribution in [0, 0.1) is 0 Å². The normalized spacial score (nSPS) is 12.3. The number of rotatable bonds is 6. The molecule has 0 bridgehead atoms. The van der Waals surface area contributed by atoms with E-state index in [1.165, 1.54) is 11.1 Å². The van der Waals surface area contributed by atoms with Crippen LogP contribution in [0.1, 0.15) is 23.1 Å². The van der Waals surface area contributed by atoms with Crippen LogP contribution in [0.4, 0.5) is 0 Å². The Bertz CT molecular complexity index is 899. The highest BCUT2D eigenvalue weighted by molar-refractivity contribution is 5.72. The Morgan fingerprint density at radius 3 is 2.24 bits per heavy atom. The smallest absolute Gasteiger partial charge is 0.209 e. The van der Waals surface area contributed by atoms with Crippen molar-refractivity contribution in [3.05, 3.63) is 102 Å². The van der Waals surface area contributed by atoms with Gasteiger partial charge in [-0.3, -0.25) is 0 Å². The summed E-state index contributed by atoms with van der Waals surface area (Å²) in [5.74, 6) is 0.718. The Morgan fingerprint density at radius 2 is 1.48 bits per heavy atom. The quantitative estimate of drug-likeness (QED) is 0.547. The van der Waals surface area contributed by atoms with Crippen LogP contribution in [-0.4, -0.2) is 4.98 Å². The second-order valence-electron chi connectivity index (χ2n) is 6.11. The molecular formula is C22H20N2O. The average molecular weight is 328 g/mol. The Balaban J connectivity index is 1.53. The van der Waals surface area contributed by atoms with Gasteiger partial charge in [-0.25, -0.2) is 4.98 Å². The number of hydrogen-bond acceptors (Lipinski definition) is 3. The third kappa shape index (κ3) is 3.78. The van der Waals surface area contributed by atoms with Crippen LogP contribution in [0.15, 0.2) is 89.3 Å². The van der Waals surface area contributed by atoms with E-state index in [1.807, 2.05) is 36.4 Å². The first-order valence-corrected chi connectivity index (χ1v) is 8.55. The molecule has 0 aliphatic heterocycles. The summed E-state index contributed by atoms with van der Waals surface area (Å²) in [6, 6.07) is 29.1. The van der Waals surface area contributed by atoms with Gasteiger partial charge in [-0.05, 0) is 29.7 Å². The lowest BCUT2D eigenvalue weighted by molar-refractivity contribution is 0.452. The third-order valence-electron chi connectivity index (χ3n) is 4.32. The van der Waals surface area contributed by atoms with Crippen molar-refractivity contribution in [3.63, 3.8) is 0 Å². The lowest BCUT2D eigenvalue weighted by Crippen LogP contribution is -2.23. The predicted octanol–water partition coefficient (Wildman–Crippen LogP) is 4.90. The molecule has 0 fully saturated rings. The minimum atomic E-state index is 0.207. The van der Waals surface area contributed by atoms with Gasteiger partial charge >= 0.3 is 0 Å². The molecule has 3 heteroatoms. The van der Waals surface area contributed by atoms with Crippen molar-refractivity contribution >= 4 is 11.1 Å². The van der Waals surface area contributed by atoms with E-state index in [2.05, 4.69) is 58.8 Å². The fourth-order valence-corrected chi connectivity index (χ4v) is 3.05. The Morgan fingerprint density at radius 1 is 0.800 bits per heavy atom. The van der Waals surface area contributed by atoms with E-state index in [0.717, 1.165) is 23.4 Å².